The zero-order valence-corrected chi connectivity index (χ0v) is 12.8. The van der Waals surface area contributed by atoms with E-state index in [-0.39, 0.29) is 23.9 Å². The zero-order valence-electron chi connectivity index (χ0n) is 12.8. The maximum Gasteiger partial charge on any atom is 0.272 e. The molecule has 1 heterocycles. The van der Waals surface area contributed by atoms with Gasteiger partial charge in [-0.15, -0.1) is 0 Å². The molecule has 0 radical (unpaired) electrons. The van der Waals surface area contributed by atoms with Crippen LogP contribution in [0.2, 0.25) is 0 Å². The molecule has 2 fully saturated rings. The van der Waals surface area contributed by atoms with Gasteiger partial charge in [-0.2, -0.15) is 0 Å². The fourth-order valence-electron chi connectivity index (χ4n) is 3.68. The molecule has 2 aromatic carbocycles. The van der Waals surface area contributed by atoms with Crippen LogP contribution in [0.4, 0.5) is 0 Å². The first-order valence-electron chi connectivity index (χ1n) is 8.03. The lowest BCUT2D eigenvalue weighted by Gasteiger charge is -2.38. The lowest BCUT2D eigenvalue weighted by molar-refractivity contribution is -0.0188. The van der Waals surface area contributed by atoms with E-state index in [0.29, 0.717) is 11.1 Å². The SMILES string of the molecule is O=C(c1ccccc1)N1C2CCC(C2)N1C(=O)c1ccccc1. The van der Waals surface area contributed by atoms with Crippen LogP contribution in [0.3, 0.4) is 0 Å². The summed E-state index contributed by atoms with van der Waals surface area (Å²) in [6.45, 7) is 0. The Morgan fingerprint density at radius 2 is 1.09 bits per heavy atom. The van der Waals surface area contributed by atoms with Crippen molar-refractivity contribution in [3.63, 3.8) is 0 Å². The monoisotopic (exact) mass is 306 g/mol. The van der Waals surface area contributed by atoms with Crippen LogP contribution in [0.25, 0.3) is 0 Å². The second-order valence-electron chi connectivity index (χ2n) is 6.15. The molecule has 1 saturated heterocycles. The average molecular weight is 306 g/mol. The molecule has 0 spiro atoms. The fraction of sp³-hybridized carbons (Fsp3) is 0.263. The van der Waals surface area contributed by atoms with E-state index in [9.17, 15) is 9.59 Å². The smallest absolute Gasteiger partial charge is 0.267 e. The lowest BCUT2D eigenvalue weighted by Crippen LogP contribution is -2.53. The number of carbonyl (C=O) groups is 2. The third kappa shape index (κ3) is 2.31. The quantitative estimate of drug-likeness (QED) is 0.855. The van der Waals surface area contributed by atoms with E-state index in [1.807, 2.05) is 36.4 Å². The van der Waals surface area contributed by atoms with Gasteiger partial charge < -0.3 is 0 Å². The van der Waals surface area contributed by atoms with E-state index in [4.69, 9.17) is 0 Å². The van der Waals surface area contributed by atoms with Gasteiger partial charge in [-0.1, -0.05) is 36.4 Å². The summed E-state index contributed by atoms with van der Waals surface area (Å²) in [4.78, 5) is 25.8. The van der Waals surface area contributed by atoms with E-state index >= 15 is 0 Å². The van der Waals surface area contributed by atoms with Crippen molar-refractivity contribution in [2.24, 2.45) is 0 Å². The second-order valence-corrected chi connectivity index (χ2v) is 6.15. The molecule has 0 aromatic heterocycles. The Labute approximate surface area is 135 Å². The zero-order chi connectivity index (χ0) is 15.8. The van der Waals surface area contributed by atoms with Gasteiger partial charge in [0.2, 0.25) is 0 Å². The van der Waals surface area contributed by atoms with Gasteiger partial charge in [0.25, 0.3) is 11.8 Å². The molecule has 2 aromatic rings. The minimum Gasteiger partial charge on any atom is -0.267 e. The summed E-state index contributed by atoms with van der Waals surface area (Å²) in [5, 5.41) is 3.39. The van der Waals surface area contributed by atoms with Crippen LogP contribution in [0, 0.1) is 0 Å². The predicted octanol–water partition coefficient (Wildman–Crippen LogP) is 3.12. The van der Waals surface area contributed by atoms with E-state index in [2.05, 4.69) is 0 Å². The van der Waals surface area contributed by atoms with Crippen LogP contribution in [0.15, 0.2) is 60.7 Å². The Morgan fingerprint density at radius 1 is 0.696 bits per heavy atom. The average Bonchev–Trinajstić information content (AvgIpc) is 3.23. The number of hydrogen-bond donors (Lipinski definition) is 0. The van der Waals surface area contributed by atoms with Gasteiger partial charge in [-0.25, -0.2) is 10.0 Å². The molecular weight excluding hydrogens is 288 g/mol. The normalized spacial score (nSPS) is 22.4. The standard InChI is InChI=1S/C19H18N2O2/c22-18(14-7-3-1-4-8-14)20-16-11-12-17(13-16)21(20)19(23)15-9-5-2-6-10-15/h1-10,16-17H,11-13H2. The molecule has 1 aliphatic carbocycles. The van der Waals surface area contributed by atoms with Gasteiger partial charge in [0.05, 0.1) is 12.1 Å². The van der Waals surface area contributed by atoms with E-state index in [0.717, 1.165) is 19.3 Å². The van der Waals surface area contributed by atoms with Crippen LogP contribution >= 0.6 is 0 Å². The summed E-state index contributed by atoms with van der Waals surface area (Å²) in [6.07, 6.45) is 2.83. The first-order chi connectivity index (χ1) is 11.3. The van der Waals surface area contributed by atoms with Crippen LogP contribution in [0.1, 0.15) is 40.0 Å². The molecule has 116 valence electrons. The number of amides is 2. The van der Waals surface area contributed by atoms with Crippen molar-refractivity contribution >= 4 is 11.8 Å². The molecule has 2 bridgehead atoms. The highest BCUT2D eigenvalue weighted by Crippen LogP contribution is 2.39. The highest BCUT2D eigenvalue weighted by Gasteiger charge is 2.49. The predicted molar refractivity (Wildman–Crippen MR) is 86.7 cm³/mol. The number of benzene rings is 2. The summed E-state index contributed by atoms with van der Waals surface area (Å²) >= 11 is 0. The number of hydrogen-bond acceptors (Lipinski definition) is 2. The Balaban J connectivity index is 1.67. The summed E-state index contributed by atoms with van der Waals surface area (Å²) in [5.74, 6) is -0.163. The van der Waals surface area contributed by atoms with E-state index < -0.39 is 0 Å². The van der Waals surface area contributed by atoms with Crippen molar-refractivity contribution in [3.05, 3.63) is 71.8 Å². The van der Waals surface area contributed by atoms with Crippen LogP contribution in [-0.4, -0.2) is 33.9 Å². The van der Waals surface area contributed by atoms with Gasteiger partial charge in [-0.05, 0) is 43.5 Å². The lowest BCUT2D eigenvalue weighted by atomic mass is 10.1. The Hall–Kier alpha value is -2.62. The molecule has 1 aliphatic heterocycles. The van der Waals surface area contributed by atoms with Crippen molar-refractivity contribution in [1.29, 1.82) is 0 Å². The number of hydrazine groups is 1. The number of nitrogens with zero attached hydrogens (tertiary/aromatic N) is 2. The molecule has 2 unspecified atom stereocenters. The molecule has 2 atom stereocenters. The van der Waals surface area contributed by atoms with Gasteiger partial charge in [0.1, 0.15) is 0 Å². The van der Waals surface area contributed by atoms with Gasteiger partial charge >= 0.3 is 0 Å². The van der Waals surface area contributed by atoms with Crippen molar-refractivity contribution in [3.8, 4) is 0 Å². The third-order valence-electron chi connectivity index (χ3n) is 4.76. The Morgan fingerprint density at radius 3 is 1.48 bits per heavy atom. The summed E-state index contributed by atoms with van der Waals surface area (Å²) < 4.78 is 0. The molecule has 4 heteroatoms. The maximum atomic E-state index is 12.9. The maximum absolute atomic E-state index is 12.9. The van der Waals surface area contributed by atoms with Crippen LogP contribution in [0.5, 0.6) is 0 Å². The number of fused-ring (bicyclic) bond motifs is 2. The van der Waals surface area contributed by atoms with Gasteiger partial charge in [0, 0.05) is 11.1 Å². The minimum absolute atomic E-state index is 0.0814. The van der Waals surface area contributed by atoms with Crippen molar-refractivity contribution in [2.75, 3.05) is 0 Å². The van der Waals surface area contributed by atoms with E-state index in [1.54, 1.807) is 34.3 Å². The van der Waals surface area contributed by atoms with Crippen molar-refractivity contribution in [2.45, 2.75) is 31.3 Å². The second kappa shape index (κ2) is 5.54. The molecule has 2 amide bonds. The summed E-state index contributed by atoms with van der Waals surface area (Å²) in [6, 6.07) is 18.7. The van der Waals surface area contributed by atoms with Crippen molar-refractivity contribution in [1.82, 2.24) is 10.0 Å². The van der Waals surface area contributed by atoms with Gasteiger partial charge in [-0.3, -0.25) is 9.59 Å². The largest absolute Gasteiger partial charge is 0.272 e. The summed E-state index contributed by atoms with van der Waals surface area (Å²) in [7, 11) is 0. The first-order valence-corrected chi connectivity index (χ1v) is 8.03. The molecular formula is C19H18N2O2. The highest BCUT2D eigenvalue weighted by molar-refractivity contribution is 6.00. The molecule has 0 N–H and O–H groups in total. The fourth-order valence-corrected chi connectivity index (χ4v) is 3.68. The Bertz CT molecular complexity index is 666. The van der Waals surface area contributed by atoms with Crippen molar-refractivity contribution < 1.29 is 9.59 Å². The Kier molecular flexibility index (Phi) is 3.37. The van der Waals surface area contributed by atoms with Crippen LogP contribution in [-0.2, 0) is 0 Å². The van der Waals surface area contributed by atoms with Crippen LogP contribution < -0.4 is 0 Å². The highest BCUT2D eigenvalue weighted by atomic mass is 16.2. The van der Waals surface area contributed by atoms with E-state index in [1.165, 1.54) is 0 Å². The number of rotatable bonds is 2. The van der Waals surface area contributed by atoms with Gasteiger partial charge in [0.15, 0.2) is 0 Å². The molecule has 4 rings (SSSR count). The third-order valence-corrected chi connectivity index (χ3v) is 4.76. The first kappa shape index (κ1) is 14.0. The minimum atomic E-state index is -0.0814. The molecule has 2 aliphatic rings. The molecule has 1 saturated carbocycles. The topological polar surface area (TPSA) is 40.6 Å². The summed E-state index contributed by atoms with van der Waals surface area (Å²) in [5.41, 5.74) is 1.26. The number of carbonyl (C=O) groups excluding carboxylic acids is 2. The molecule has 4 nitrogen and oxygen atoms in total. The molecule has 23 heavy (non-hydrogen) atoms.